The molecule has 0 saturated heterocycles. The van der Waals surface area contributed by atoms with E-state index in [4.69, 9.17) is 0 Å². The van der Waals surface area contributed by atoms with Crippen LogP contribution in [-0.2, 0) is 0 Å². The molecule has 0 spiro atoms. The molecule has 0 amide bonds. The number of fused-ring (bicyclic) bond motifs is 10. The second-order valence-corrected chi connectivity index (χ2v) is 14.9. The Morgan fingerprint density at radius 3 is 1.21 bits per heavy atom. The van der Waals surface area contributed by atoms with Gasteiger partial charge in [0.25, 0.3) is 0 Å². The summed E-state index contributed by atoms with van der Waals surface area (Å²) in [5, 5.41) is 7.57. The summed E-state index contributed by atoms with van der Waals surface area (Å²) < 4.78 is 7.29. The fraction of sp³-hybridized carbons (Fsp3) is 0. The molecule has 266 valence electrons. The van der Waals surface area contributed by atoms with E-state index in [0.29, 0.717) is 0 Å². The summed E-state index contributed by atoms with van der Waals surface area (Å²) in [6.45, 7) is 0. The van der Waals surface area contributed by atoms with E-state index in [2.05, 4.69) is 226 Å². The van der Waals surface area contributed by atoms with Crippen molar-refractivity contribution in [2.75, 3.05) is 0 Å². The fourth-order valence-electron chi connectivity index (χ4n) is 9.36. The smallest absolute Gasteiger partial charge is 0.0548 e. The van der Waals surface area contributed by atoms with Crippen molar-refractivity contribution in [1.29, 1.82) is 0 Å². The molecule has 0 atom stereocenters. The second kappa shape index (κ2) is 12.5. The maximum absolute atomic E-state index is 2.45. The summed E-state index contributed by atoms with van der Waals surface area (Å²) in [5.74, 6) is 0. The van der Waals surface area contributed by atoms with Crippen LogP contribution in [0, 0.1) is 0 Å². The van der Waals surface area contributed by atoms with Gasteiger partial charge in [-0.15, -0.1) is 0 Å². The molecule has 0 fully saturated rings. The zero-order valence-corrected chi connectivity index (χ0v) is 31.0. The average molecular weight is 726 g/mol. The third-order valence-electron chi connectivity index (χ3n) is 11.8. The molecule has 57 heavy (non-hydrogen) atoms. The predicted molar refractivity (Wildman–Crippen MR) is 240 cm³/mol. The van der Waals surface area contributed by atoms with Crippen molar-refractivity contribution in [2.24, 2.45) is 0 Å². The van der Waals surface area contributed by atoms with E-state index in [1.54, 1.807) is 0 Å². The van der Waals surface area contributed by atoms with Gasteiger partial charge in [-0.3, -0.25) is 0 Å². The minimum absolute atomic E-state index is 1.14. The molecule has 9 aromatic carbocycles. The van der Waals surface area contributed by atoms with E-state index >= 15 is 0 Å². The van der Waals surface area contributed by atoms with Crippen LogP contribution in [0.5, 0.6) is 0 Å². The molecule has 0 bridgehead atoms. The molecular weight excluding hydrogens is 691 g/mol. The van der Waals surface area contributed by atoms with Gasteiger partial charge in [-0.25, -0.2) is 0 Å². The minimum Gasteiger partial charge on any atom is -0.309 e. The lowest BCUT2D eigenvalue weighted by Crippen LogP contribution is -1.96. The minimum atomic E-state index is 1.14. The topological polar surface area (TPSA) is 14.8 Å². The Bertz CT molecular complexity index is 3510. The van der Waals surface area contributed by atoms with Crippen molar-refractivity contribution in [3.8, 4) is 39.3 Å². The van der Waals surface area contributed by atoms with E-state index in [1.807, 2.05) is 0 Å². The Kier molecular flexibility index (Phi) is 6.93. The number of nitrogens with zero attached hydrogens (tertiary/aromatic N) is 3. The average Bonchev–Trinajstić information content (AvgIpc) is 3.92. The third kappa shape index (κ3) is 4.79. The SMILES string of the molecule is c1ccc(-c2cccc(-n3c4ccccc4c4c5c6ccccc6n(-c6cccc(-c7ccc8c9ccccc9n(-c9ccccc9)c8c7)c6)c5ccc43)c2)cc1. The van der Waals surface area contributed by atoms with Crippen molar-refractivity contribution >= 4 is 65.4 Å². The molecule has 3 heterocycles. The van der Waals surface area contributed by atoms with Gasteiger partial charge in [0.2, 0.25) is 0 Å². The highest BCUT2D eigenvalue weighted by Gasteiger charge is 2.21. The normalized spacial score (nSPS) is 11.9. The first kappa shape index (κ1) is 31.7. The summed E-state index contributed by atoms with van der Waals surface area (Å²) >= 11 is 0. The summed E-state index contributed by atoms with van der Waals surface area (Å²) in [6.07, 6.45) is 0. The summed E-state index contributed by atoms with van der Waals surface area (Å²) in [5.41, 5.74) is 15.5. The number of rotatable bonds is 5. The molecule has 0 unspecified atom stereocenters. The largest absolute Gasteiger partial charge is 0.309 e. The lowest BCUT2D eigenvalue weighted by Gasteiger charge is -2.12. The van der Waals surface area contributed by atoms with Gasteiger partial charge >= 0.3 is 0 Å². The number of aromatic nitrogens is 3. The van der Waals surface area contributed by atoms with Crippen LogP contribution < -0.4 is 0 Å². The molecule has 3 nitrogen and oxygen atoms in total. The maximum atomic E-state index is 2.45. The number of hydrogen-bond acceptors (Lipinski definition) is 0. The molecule has 0 N–H and O–H groups in total. The predicted octanol–water partition coefficient (Wildman–Crippen LogP) is 14.3. The lowest BCUT2D eigenvalue weighted by molar-refractivity contribution is 1.17. The Balaban J connectivity index is 1.07. The van der Waals surface area contributed by atoms with E-state index in [1.165, 1.54) is 87.7 Å². The quantitative estimate of drug-likeness (QED) is 0.168. The van der Waals surface area contributed by atoms with Crippen LogP contribution >= 0.6 is 0 Å². The molecule has 12 aromatic rings. The van der Waals surface area contributed by atoms with Crippen LogP contribution in [0.2, 0.25) is 0 Å². The van der Waals surface area contributed by atoms with Crippen molar-refractivity contribution in [3.05, 3.63) is 212 Å². The number of para-hydroxylation sites is 4. The van der Waals surface area contributed by atoms with Crippen LogP contribution in [0.25, 0.3) is 105 Å². The first-order chi connectivity index (χ1) is 28.3. The molecule has 3 heteroatoms. The highest BCUT2D eigenvalue weighted by atomic mass is 15.0. The summed E-state index contributed by atoms with van der Waals surface area (Å²) in [4.78, 5) is 0. The van der Waals surface area contributed by atoms with Crippen LogP contribution in [-0.4, -0.2) is 13.7 Å². The van der Waals surface area contributed by atoms with Gasteiger partial charge in [-0.1, -0.05) is 140 Å². The van der Waals surface area contributed by atoms with E-state index < -0.39 is 0 Å². The Morgan fingerprint density at radius 1 is 0.211 bits per heavy atom. The second-order valence-electron chi connectivity index (χ2n) is 14.9. The van der Waals surface area contributed by atoms with Crippen LogP contribution in [0.1, 0.15) is 0 Å². The van der Waals surface area contributed by atoms with Gasteiger partial charge in [0.15, 0.2) is 0 Å². The van der Waals surface area contributed by atoms with Gasteiger partial charge in [0.05, 0.1) is 33.1 Å². The zero-order valence-electron chi connectivity index (χ0n) is 31.0. The Labute approximate surface area is 329 Å². The van der Waals surface area contributed by atoms with Gasteiger partial charge in [0, 0.05) is 49.4 Å². The summed E-state index contributed by atoms with van der Waals surface area (Å²) in [7, 11) is 0. The Hall–Kier alpha value is -7.62. The van der Waals surface area contributed by atoms with Crippen LogP contribution in [0.4, 0.5) is 0 Å². The monoisotopic (exact) mass is 725 g/mol. The standard InChI is InChI=1S/C54H35N3/c1-3-15-36(16-4-1)37-17-13-21-41(33-37)56-48-27-11-8-24-45(48)53-50(56)31-32-51-54(53)46-25-9-12-28-49(46)57(51)42-22-14-18-38(34-42)39-29-30-44-43-23-7-10-26-47(43)55(52(44)35-39)40-19-5-2-6-20-40/h1-35H. The number of hydrogen-bond donors (Lipinski definition) is 0. The fourth-order valence-corrected chi connectivity index (χ4v) is 9.36. The van der Waals surface area contributed by atoms with E-state index in [0.717, 1.165) is 17.1 Å². The van der Waals surface area contributed by atoms with Crippen molar-refractivity contribution in [3.63, 3.8) is 0 Å². The zero-order chi connectivity index (χ0) is 37.5. The van der Waals surface area contributed by atoms with Crippen LogP contribution in [0.15, 0.2) is 212 Å². The van der Waals surface area contributed by atoms with Crippen molar-refractivity contribution in [2.45, 2.75) is 0 Å². The van der Waals surface area contributed by atoms with Gasteiger partial charge in [0.1, 0.15) is 0 Å². The lowest BCUT2D eigenvalue weighted by atomic mass is 10.0. The first-order valence-corrected chi connectivity index (χ1v) is 19.6. The molecule has 0 aliphatic heterocycles. The van der Waals surface area contributed by atoms with Crippen molar-refractivity contribution in [1.82, 2.24) is 13.7 Å². The molecular formula is C54H35N3. The maximum Gasteiger partial charge on any atom is 0.0548 e. The molecule has 12 rings (SSSR count). The van der Waals surface area contributed by atoms with Crippen LogP contribution in [0.3, 0.4) is 0 Å². The highest BCUT2D eigenvalue weighted by molar-refractivity contribution is 6.29. The van der Waals surface area contributed by atoms with Gasteiger partial charge in [-0.05, 0) is 95.1 Å². The van der Waals surface area contributed by atoms with Gasteiger partial charge in [-0.2, -0.15) is 0 Å². The number of benzene rings is 9. The van der Waals surface area contributed by atoms with Gasteiger partial charge < -0.3 is 13.7 Å². The molecule has 0 aliphatic rings. The van der Waals surface area contributed by atoms with E-state index in [-0.39, 0.29) is 0 Å². The van der Waals surface area contributed by atoms with Crippen molar-refractivity contribution < 1.29 is 0 Å². The molecule has 0 aliphatic carbocycles. The molecule has 0 radical (unpaired) electrons. The first-order valence-electron chi connectivity index (χ1n) is 19.6. The molecule has 3 aromatic heterocycles. The molecule has 0 saturated carbocycles. The summed E-state index contributed by atoms with van der Waals surface area (Å²) in [6, 6.07) is 77.4. The highest BCUT2D eigenvalue weighted by Crippen LogP contribution is 2.43. The Morgan fingerprint density at radius 2 is 0.614 bits per heavy atom. The van der Waals surface area contributed by atoms with E-state index in [9.17, 15) is 0 Å². The third-order valence-corrected chi connectivity index (χ3v) is 11.8.